The van der Waals surface area contributed by atoms with E-state index in [1.807, 2.05) is 6.07 Å². The van der Waals surface area contributed by atoms with E-state index < -0.39 is 0 Å². The number of nitriles is 1. The van der Waals surface area contributed by atoms with Gasteiger partial charge in [0.25, 0.3) is 5.91 Å². The SMILES string of the molecule is Cc1nc(C(=O)NCc2ccccc2CN(C)C2CCCCC2)ccc1C#N. The summed E-state index contributed by atoms with van der Waals surface area (Å²) in [6.45, 7) is 3.10. The molecule has 1 amide bonds. The summed E-state index contributed by atoms with van der Waals surface area (Å²) in [6.07, 6.45) is 6.56. The maximum Gasteiger partial charge on any atom is 0.270 e. The summed E-state index contributed by atoms with van der Waals surface area (Å²) in [5.74, 6) is -0.219. The second kappa shape index (κ2) is 9.48. The number of carbonyl (C=O) groups is 1. The molecule has 1 heterocycles. The normalized spacial score (nSPS) is 14.6. The minimum atomic E-state index is -0.219. The Bertz CT molecular complexity index is 865. The molecule has 146 valence electrons. The van der Waals surface area contributed by atoms with Crippen molar-refractivity contribution in [3.05, 3.63) is 64.5 Å². The highest BCUT2D eigenvalue weighted by molar-refractivity contribution is 5.92. The highest BCUT2D eigenvalue weighted by Gasteiger charge is 2.19. The first kappa shape index (κ1) is 20.0. The summed E-state index contributed by atoms with van der Waals surface area (Å²) in [5, 5.41) is 12.0. The zero-order chi connectivity index (χ0) is 19.9. The number of nitrogens with zero attached hydrogens (tertiary/aromatic N) is 3. The molecule has 3 rings (SSSR count). The van der Waals surface area contributed by atoms with E-state index in [2.05, 4.69) is 46.5 Å². The van der Waals surface area contributed by atoms with Gasteiger partial charge in [-0.05, 0) is 50.1 Å². The zero-order valence-electron chi connectivity index (χ0n) is 16.7. The van der Waals surface area contributed by atoms with Gasteiger partial charge in [-0.2, -0.15) is 5.26 Å². The maximum atomic E-state index is 12.5. The predicted molar refractivity (Wildman–Crippen MR) is 110 cm³/mol. The molecule has 0 spiro atoms. The van der Waals surface area contributed by atoms with Crippen LogP contribution >= 0.6 is 0 Å². The van der Waals surface area contributed by atoms with Crippen molar-refractivity contribution in [3.8, 4) is 6.07 Å². The lowest BCUT2D eigenvalue weighted by Gasteiger charge is -2.31. The van der Waals surface area contributed by atoms with Crippen LogP contribution in [0.25, 0.3) is 0 Å². The lowest BCUT2D eigenvalue weighted by atomic mass is 9.94. The van der Waals surface area contributed by atoms with E-state index in [9.17, 15) is 4.79 Å². The van der Waals surface area contributed by atoms with Crippen LogP contribution in [0.3, 0.4) is 0 Å². The molecule has 0 bridgehead atoms. The van der Waals surface area contributed by atoms with Gasteiger partial charge in [0.15, 0.2) is 0 Å². The van der Waals surface area contributed by atoms with Gasteiger partial charge >= 0.3 is 0 Å². The van der Waals surface area contributed by atoms with Crippen molar-refractivity contribution < 1.29 is 4.79 Å². The minimum Gasteiger partial charge on any atom is -0.347 e. The Morgan fingerprint density at radius 3 is 2.57 bits per heavy atom. The Balaban J connectivity index is 1.64. The summed E-state index contributed by atoms with van der Waals surface area (Å²) in [7, 11) is 2.20. The smallest absolute Gasteiger partial charge is 0.270 e. The number of hydrogen-bond acceptors (Lipinski definition) is 4. The molecule has 0 atom stereocenters. The van der Waals surface area contributed by atoms with E-state index in [-0.39, 0.29) is 5.91 Å². The summed E-state index contributed by atoms with van der Waals surface area (Å²) in [5.41, 5.74) is 3.79. The Labute approximate surface area is 167 Å². The fraction of sp³-hybridized carbons (Fsp3) is 0.435. The Hall–Kier alpha value is -2.71. The average molecular weight is 377 g/mol. The molecule has 0 saturated heterocycles. The number of nitrogens with one attached hydrogen (secondary N) is 1. The van der Waals surface area contributed by atoms with Gasteiger partial charge in [-0.1, -0.05) is 43.5 Å². The molecule has 1 fully saturated rings. The summed E-state index contributed by atoms with van der Waals surface area (Å²) >= 11 is 0. The molecule has 1 aliphatic carbocycles. The van der Waals surface area contributed by atoms with Crippen molar-refractivity contribution in [3.63, 3.8) is 0 Å². The Morgan fingerprint density at radius 2 is 1.89 bits per heavy atom. The number of carbonyl (C=O) groups excluding carboxylic acids is 1. The average Bonchev–Trinajstić information content (AvgIpc) is 2.73. The molecule has 1 aliphatic rings. The van der Waals surface area contributed by atoms with Crippen LogP contribution in [0, 0.1) is 18.3 Å². The fourth-order valence-corrected chi connectivity index (χ4v) is 3.88. The standard InChI is InChI=1S/C23H28N4O/c1-17-18(14-24)12-13-22(26-17)23(28)25-15-19-8-6-7-9-20(19)16-27(2)21-10-4-3-5-11-21/h6-9,12-13,21H,3-5,10-11,15-16H2,1-2H3,(H,25,28). The maximum absolute atomic E-state index is 12.5. The third-order valence-corrected chi connectivity index (χ3v) is 5.61. The van der Waals surface area contributed by atoms with E-state index in [1.165, 1.54) is 37.7 Å². The summed E-state index contributed by atoms with van der Waals surface area (Å²) in [4.78, 5) is 19.2. The van der Waals surface area contributed by atoms with Crippen LogP contribution in [0.15, 0.2) is 36.4 Å². The van der Waals surface area contributed by atoms with Crippen LogP contribution in [0.5, 0.6) is 0 Å². The number of amides is 1. The Kier molecular flexibility index (Phi) is 6.78. The molecule has 1 aromatic heterocycles. The monoisotopic (exact) mass is 376 g/mol. The van der Waals surface area contributed by atoms with Gasteiger partial charge in [-0.3, -0.25) is 9.69 Å². The molecular formula is C23H28N4O. The predicted octanol–water partition coefficient (Wildman–Crippen LogP) is 3.96. The van der Waals surface area contributed by atoms with Crippen molar-refractivity contribution in [1.29, 1.82) is 5.26 Å². The minimum absolute atomic E-state index is 0.219. The van der Waals surface area contributed by atoms with E-state index in [1.54, 1.807) is 19.1 Å². The van der Waals surface area contributed by atoms with E-state index in [4.69, 9.17) is 5.26 Å². The van der Waals surface area contributed by atoms with Crippen LogP contribution in [0.2, 0.25) is 0 Å². The van der Waals surface area contributed by atoms with Crippen LogP contribution in [0.1, 0.15) is 65.0 Å². The van der Waals surface area contributed by atoms with Gasteiger partial charge in [0, 0.05) is 19.1 Å². The lowest BCUT2D eigenvalue weighted by molar-refractivity contribution is 0.0945. The van der Waals surface area contributed by atoms with Crippen molar-refractivity contribution in [1.82, 2.24) is 15.2 Å². The zero-order valence-corrected chi connectivity index (χ0v) is 16.7. The molecular weight excluding hydrogens is 348 g/mol. The quantitative estimate of drug-likeness (QED) is 0.829. The molecule has 0 aliphatic heterocycles. The van der Waals surface area contributed by atoms with Crippen LogP contribution in [-0.4, -0.2) is 28.9 Å². The molecule has 1 saturated carbocycles. The van der Waals surface area contributed by atoms with E-state index >= 15 is 0 Å². The first-order chi connectivity index (χ1) is 13.6. The van der Waals surface area contributed by atoms with E-state index in [0.29, 0.717) is 29.5 Å². The van der Waals surface area contributed by atoms with Gasteiger partial charge in [0.2, 0.25) is 0 Å². The molecule has 2 aromatic rings. The summed E-state index contributed by atoms with van der Waals surface area (Å²) in [6, 6.07) is 14.3. The lowest BCUT2D eigenvalue weighted by Crippen LogP contribution is -2.33. The second-order valence-corrected chi connectivity index (χ2v) is 7.60. The van der Waals surface area contributed by atoms with Crippen molar-refractivity contribution in [2.75, 3.05) is 7.05 Å². The van der Waals surface area contributed by atoms with Gasteiger partial charge in [-0.15, -0.1) is 0 Å². The highest BCUT2D eigenvalue weighted by Crippen LogP contribution is 2.23. The Morgan fingerprint density at radius 1 is 1.18 bits per heavy atom. The number of aryl methyl sites for hydroxylation is 1. The number of aromatic nitrogens is 1. The molecule has 5 heteroatoms. The summed E-state index contributed by atoms with van der Waals surface area (Å²) < 4.78 is 0. The van der Waals surface area contributed by atoms with Crippen molar-refractivity contribution in [2.24, 2.45) is 0 Å². The molecule has 5 nitrogen and oxygen atoms in total. The molecule has 28 heavy (non-hydrogen) atoms. The first-order valence-corrected chi connectivity index (χ1v) is 10.0. The number of rotatable bonds is 6. The fourth-order valence-electron chi connectivity index (χ4n) is 3.88. The van der Waals surface area contributed by atoms with Crippen LogP contribution in [-0.2, 0) is 13.1 Å². The van der Waals surface area contributed by atoms with Crippen molar-refractivity contribution in [2.45, 2.75) is 58.2 Å². The van der Waals surface area contributed by atoms with Gasteiger partial charge in [0.1, 0.15) is 11.8 Å². The largest absolute Gasteiger partial charge is 0.347 e. The van der Waals surface area contributed by atoms with Gasteiger partial charge < -0.3 is 5.32 Å². The number of benzene rings is 1. The third kappa shape index (κ3) is 4.96. The molecule has 1 aromatic carbocycles. The van der Waals surface area contributed by atoms with Crippen molar-refractivity contribution >= 4 is 5.91 Å². The molecule has 0 unspecified atom stereocenters. The van der Waals surface area contributed by atoms with Gasteiger partial charge in [0.05, 0.1) is 11.3 Å². The first-order valence-electron chi connectivity index (χ1n) is 10.0. The van der Waals surface area contributed by atoms with Gasteiger partial charge in [-0.25, -0.2) is 4.98 Å². The molecule has 1 N–H and O–H groups in total. The topological polar surface area (TPSA) is 69.0 Å². The highest BCUT2D eigenvalue weighted by atomic mass is 16.1. The third-order valence-electron chi connectivity index (χ3n) is 5.61. The van der Waals surface area contributed by atoms with E-state index in [0.717, 1.165) is 12.1 Å². The molecule has 0 radical (unpaired) electrons. The van der Waals surface area contributed by atoms with Crippen LogP contribution < -0.4 is 5.32 Å². The second-order valence-electron chi connectivity index (χ2n) is 7.60. The van der Waals surface area contributed by atoms with Crippen LogP contribution in [0.4, 0.5) is 0 Å². The number of pyridine rings is 1. The number of hydrogen-bond donors (Lipinski definition) is 1.